The Morgan fingerprint density at radius 1 is 1.50 bits per heavy atom. The average Bonchev–Trinajstić information content (AvgIpc) is 2.37. The van der Waals surface area contributed by atoms with Crippen molar-refractivity contribution < 1.29 is 9.53 Å². The summed E-state index contributed by atoms with van der Waals surface area (Å²) in [6.07, 6.45) is 1.62. The number of aliphatic imine (C=N–C) groups is 1. The molecular formula is C13H27IN4O2. The smallest absolute Gasteiger partial charge is 0.407 e. The van der Waals surface area contributed by atoms with Crippen molar-refractivity contribution in [1.82, 2.24) is 16.0 Å². The van der Waals surface area contributed by atoms with Gasteiger partial charge in [0.1, 0.15) is 0 Å². The number of halogens is 1. The molecule has 0 saturated heterocycles. The third kappa shape index (κ3) is 8.44. The second kappa shape index (κ2) is 11.0. The molecule has 3 N–H and O–H groups in total. The van der Waals surface area contributed by atoms with Crippen molar-refractivity contribution in [2.75, 3.05) is 26.2 Å². The minimum absolute atomic E-state index is 0. The summed E-state index contributed by atoms with van der Waals surface area (Å²) in [4.78, 5) is 15.8. The van der Waals surface area contributed by atoms with Crippen LogP contribution in [0.1, 0.15) is 33.6 Å². The topological polar surface area (TPSA) is 74.8 Å². The molecule has 0 fully saturated rings. The fourth-order valence-electron chi connectivity index (χ4n) is 1.97. The first-order chi connectivity index (χ1) is 9.11. The average molecular weight is 398 g/mol. The van der Waals surface area contributed by atoms with Gasteiger partial charge in [0.15, 0.2) is 5.96 Å². The molecule has 1 amide bonds. The van der Waals surface area contributed by atoms with E-state index in [4.69, 9.17) is 4.74 Å². The van der Waals surface area contributed by atoms with Crippen LogP contribution in [0.25, 0.3) is 0 Å². The number of rotatable bonds is 6. The van der Waals surface area contributed by atoms with Crippen LogP contribution in [-0.2, 0) is 4.74 Å². The second-order valence-electron chi connectivity index (χ2n) is 5.08. The number of amides is 1. The first kappa shape index (κ1) is 19.3. The maximum atomic E-state index is 11.5. The number of hydrogen-bond acceptors (Lipinski definition) is 5. The van der Waals surface area contributed by atoms with Gasteiger partial charge >= 0.3 is 6.09 Å². The quantitative estimate of drug-likeness (QED) is 0.596. The van der Waals surface area contributed by atoms with E-state index >= 15 is 0 Å². The highest BCUT2D eigenvalue weighted by Crippen LogP contribution is 2.04. The molecular weight excluding hydrogens is 371 g/mol. The van der Waals surface area contributed by atoms with Crippen LogP contribution >= 0.6 is 24.0 Å². The van der Waals surface area contributed by atoms with Crippen molar-refractivity contribution in [3.63, 3.8) is 0 Å². The largest absolute Gasteiger partial charge is 0.450 e. The zero-order valence-electron chi connectivity index (χ0n) is 12.6. The van der Waals surface area contributed by atoms with Crippen LogP contribution in [0.5, 0.6) is 0 Å². The van der Waals surface area contributed by atoms with Gasteiger partial charge in [0.2, 0.25) is 0 Å². The maximum absolute atomic E-state index is 11.5. The molecule has 6 nitrogen and oxygen atoms in total. The highest BCUT2D eigenvalue weighted by molar-refractivity contribution is 14.0. The van der Waals surface area contributed by atoms with Gasteiger partial charge in [0.05, 0.1) is 6.61 Å². The van der Waals surface area contributed by atoms with Gasteiger partial charge in [0.25, 0.3) is 0 Å². The summed E-state index contributed by atoms with van der Waals surface area (Å²) < 4.78 is 4.92. The Labute approximate surface area is 138 Å². The molecule has 1 aliphatic rings. The molecule has 0 aliphatic carbocycles. The lowest BCUT2D eigenvalue weighted by Gasteiger charge is -2.23. The van der Waals surface area contributed by atoms with Gasteiger partial charge in [0, 0.05) is 25.7 Å². The molecule has 0 saturated carbocycles. The molecule has 0 radical (unpaired) electrons. The van der Waals surface area contributed by atoms with Gasteiger partial charge in [-0.2, -0.15) is 0 Å². The number of nitrogens with zero attached hydrogens (tertiary/aromatic N) is 1. The third-order valence-corrected chi connectivity index (χ3v) is 2.77. The standard InChI is InChI=1S/C13H26N4O2.HI/c1-4-19-13(18)17-11(8-10(2)3)9-16-12-14-6-5-7-15-12;/h10-11H,4-9H2,1-3H3,(H,17,18)(H2,14,15,16);1H. The second-order valence-corrected chi connectivity index (χ2v) is 5.08. The summed E-state index contributed by atoms with van der Waals surface area (Å²) in [5, 5.41) is 9.33. The van der Waals surface area contributed by atoms with E-state index in [-0.39, 0.29) is 36.1 Å². The van der Waals surface area contributed by atoms with Gasteiger partial charge < -0.3 is 20.7 Å². The Bertz CT molecular complexity index is 311. The van der Waals surface area contributed by atoms with Gasteiger partial charge in [-0.15, -0.1) is 24.0 Å². The van der Waals surface area contributed by atoms with Crippen LogP contribution in [0, 0.1) is 5.92 Å². The number of carbonyl (C=O) groups excluding carboxylic acids is 1. The number of nitrogens with one attached hydrogen (secondary N) is 3. The number of ether oxygens (including phenoxy) is 1. The summed E-state index contributed by atoms with van der Waals surface area (Å²) in [5.74, 6) is 1.33. The van der Waals surface area contributed by atoms with Crippen molar-refractivity contribution in [2.45, 2.75) is 39.7 Å². The molecule has 1 aliphatic heterocycles. The lowest BCUT2D eigenvalue weighted by Crippen LogP contribution is -2.48. The molecule has 7 heteroatoms. The molecule has 0 aromatic rings. The lowest BCUT2D eigenvalue weighted by molar-refractivity contribution is 0.146. The van der Waals surface area contributed by atoms with Crippen LogP contribution in [-0.4, -0.2) is 44.3 Å². The monoisotopic (exact) mass is 398 g/mol. The van der Waals surface area contributed by atoms with E-state index in [1.165, 1.54) is 0 Å². The van der Waals surface area contributed by atoms with Gasteiger partial charge in [-0.25, -0.2) is 4.79 Å². The van der Waals surface area contributed by atoms with E-state index < -0.39 is 0 Å². The highest BCUT2D eigenvalue weighted by Gasteiger charge is 2.15. The lowest BCUT2D eigenvalue weighted by atomic mass is 10.0. The van der Waals surface area contributed by atoms with E-state index in [2.05, 4.69) is 34.8 Å². The van der Waals surface area contributed by atoms with Crippen LogP contribution in [0.3, 0.4) is 0 Å². The number of guanidine groups is 1. The van der Waals surface area contributed by atoms with E-state index in [9.17, 15) is 4.79 Å². The van der Waals surface area contributed by atoms with Crippen LogP contribution < -0.4 is 16.0 Å². The van der Waals surface area contributed by atoms with E-state index in [0.717, 1.165) is 31.9 Å². The Balaban J connectivity index is 0.00000361. The molecule has 0 bridgehead atoms. The van der Waals surface area contributed by atoms with Crippen molar-refractivity contribution in [1.29, 1.82) is 0 Å². The molecule has 118 valence electrons. The minimum Gasteiger partial charge on any atom is -0.450 e. The Morgan fingerprint density at radius 3 is 2.80 bits per heavy atom. The van der Waals surface area contributed by atoms with E-state index in [1.807, 2.05) is 0 Å². The van der Waals surface area contributed by atoms with Gasteiger partial charge in [-0.1, -0.05) is 13.8 Å². The number of carbonyl (C=O) groups is 1. The summed E-state index contributed by atoms with van der Waals surface area (Å²) in [5.41, 5.74) is 0. The fourth-order valence-corrected chi connectivity index (χ4v) is 1.97. The Morgan fingerprint density at radius 2 is 2.25 bits per heavy atom. The normalized spacial score (nSPS) is 15.5. The third-order valence-electron chi connectivity index (χ3n) is 2.77. The first-order valence-corrected chi connectivity index (χ1v) is 7.07. The van der Waals surface area contributed by atoms with Crippen molar-refractivity contribution in [3.8, 4) is 0 Å². The minimum atomic E-state index is -0.353. The van der Waals surface area contributed by atoms with Gasteiger partial charge in [-0.05, 0) is 25.7 Å². The fraction of sp³-hybridized carbons (Fsp3) is 0.846. The predicted octanol–water partition coefficient (Wildman–Crippen LogP) is 1.70. The Hall–Kier alpha value is -0.730. The zero-order chi connectivity index (χ0) is 14.1. The van der Waals surface area contributed by atoms with E-state index in [0.29, 0.717) is 19.1 Å². The van der Waals surface area contributed by atoms with E-state index in [1.54, 1.807) is 6.92 Å². The molecule has 1 heterocycles. The summed E-state index contributed by atoms with van der Waals surface area (Å²) >= 11 is 0. The molecule has 1 rings (SSSR count). The molecule has 0 spiro atoms. The Kier molecular flexibility index (Phi) is 10.6. The van der Waals surface area contributed by atoms with Crippen molar-refractivity contribution in [2.24, 2.45) is 10.9 Å². The summed E-state index contributed by atoms with van der Waals surface area (Å²) in [6, 6.07) is 0.0467. The number of hydrogen-bond donors (Lipinski definition) is 3. The first-order valence-electron chi connectivity index (χ1n) is 7.07. The van der Waals surface area contributed by atoms with Crippen molar-refractivity contribution >= 4 is 36.0 Å². The SMILES string of the molecule is CCOC(=O)NC(CNC1=NCCCN1)CC(C)C.I. The molecule has 0 aromatic carbocycles. The number of alkyl carbamates (subject to hydrolysis) is 1. The predicted molar refractivity (Wildman–Crippen MR) is 91.7 cm³/mol. The highest BCUT2D eigenvalue weighted by atomic mass is 127. The zero-order valence-corrected chi connectivity index (χ0v) is 14.9. The van der Waals surface area contributed by atoms with Crippen LogP contribution in [0.4, 0.5) is 4.79 Å². The molecule has 1 atom stereocenters. The summed E-state index contributed by atoms with van der Waals surface area (Å²) in [7, 11) is 0. The molecule has 20 heavy (non-hydrogen) atoms. The summed E-state index contributed by atoms with van der Waals surface area (Å²) in [6.45, 7) is 8.93. The van der Waals surface area contributed by atoms with Crippen LogP contribution in [0.2, 0.25) is 0 Å². The molecule has 1 unspecified atom stereocenters. The molecule has 0 aromatic heterocycles. The maximum Gasteiger partial charge on any atom is 0.407 e. The van der Waals surface area contributed by atoms with Gasteiger partial charge in [-0.3, -0.25) is 4.99 Å². The van der Waals surface area contributed by atoms with Crippen LogP contribution in [0.15, 0.2) is 4.99 Å². The van der Waals surface area contributed by atoms with Crippen molar-refractivity contribution in [3.05, 3.63) is 0 Å².